The average molecular weight is 363 g/mol. The summed E-state index contributed by atoms with van der Waals surface area (Å²) in [6.07, 6.45) is 6.13. The van der Waals surface area contributed by atoms with E-state index in [4.69, 9.17) is 26.6 Å². The first-order chi connectivity index (χ1) is 12.8. The molecule has 0 aliphatic heterocycles. The van der Waals surface area contributed by atoms with Crippen LogP contribution in [0.5, 0.6) is 0 Å². The number of nitrogens with zero attached hydrogens (tertiary/aromatic N) is 4. The van der Waals surface area contributed by atoms with Crippen LogP contribution in [0.15, 0.2) is 48.5 Å². The Morgan fingerprint density at radius 3 is 2.38 bits per heavy atom. The zero-order chi connectivity index (χ0) is 17.5. The molecule has 1 aliphatic carbocycles. The van der Waals surface area contributed by atoms with Gasteiger partial charge in [-0.1, -0.05) is 55.1 Å². The molecule has 0 bridgehead atoms. The molecule has 4 aromatic rings. The minimum Gasteiger partial charge on any atom is -0.304 e. The van der Waals surface area contributed by atoms with Gasteiger partial charge in [0.05, 0.1) is 11.0 Å². The van der Waals surface area contributed by atoms with Crippen LogP contribution in [0.25, 0.3) is 33.7 Å². The molecule has 0 amide bonds. The Morgan fingerprint density at radius 2 is 1.62 bits per heavy atom. The molecule has 1 aliphatic rings. The van der Waals surface area contributed by atoms with Crippen LogP contribution < -0.4 is 0 Å². The zero-order valence-corrected chi connectivity index (χ0v) is 15.2. The Balaban J connectivity index is 1.80. The van der Waals surface area contributed by atoms with E-state index in [-0.39, 0.29) is 0 Å². The predicted molar refractivity (Wildman–Crippen MR) is 105 cm³/mol. The highest BCUT2D eigenvalue weighted by atomic mass is 35.5. The van der Waals surface area contributed by atoms with Crippen molar-refractivity contribution >= 4 is 33.9 Å². The van der Waals surface area contributed by atoms with Crippen molar-refractivity contribution in [3.05, 3.63) is 53.6 Å². The quantitative estimate of drug-likeness (QED) is 0.452. The summed E-state index contributed by atoms with van der Waals surface area (Å²) in [6.45, 7) is 0. The van der Waals surface area contributed by atoms with Crippen molar-refractivity contribution < 1.29 is 0 Å². The standard InChI is InChI=1S/C21H19ClN4/c22-15-8-6-7-14(13-15)20-25-19-21(26(20)16-9-2-1-3-10-16)24-18-12-5-4-11-17(18)23-19/h4-8,11-13,16H,1-3,9-10H2. The van der Waals surface area contributed by atoms with E-state index in [1.807, 2.05) is 42.5 Å². The summed E-state index contributed by atoms with van der Waals surface area (Å²) >= 11 is 6.25. The van der Waals surface area contributed by atoms with Gasteiger partial charge in [0.25, 0.3) is 0 Å². The maximum atomic E-state index is 6.25. The van der Waals surface area contributed by atoms with E-state index < -0.39 is 0 Å². The molecule has 1 fully saturated rings. The zero-order valence-electron chi connectivity index (χ0n) is 14.4. The smallest absolute Gasteiger partial charge is 0.198 e. The van der Waals surface area contributed by atoms with E-state index in [0.717, 1.165) is 45.9 Å². The van der Waals surface area contributed by atoms with Gasteiger partial charge in [0.1, 0.15) is 5.82 Å². The summed E-state index contributed by atoms with van der Waals surface area (Å²) in [6, 6.07) is 16.3. The molecule has 0 spiro atoms. The van der Waals surface area contributed by atoms with Crippen molar-refractivity contribution in [2.24, 2.45) is 0 Å². The van der Waals surface area contributed by atoms with Crippen LogP contribution in [0.4, 0.5) is 0 Å². The first-order valence-electron chi connectivity index (χ1n) is 9.20. The molecule has 0 saturated heterocycles. The second kappa shape index (κ2) is 6.36. The van der Waals surface area contributed by atoms with E-state index in [0.29, 0.717) is 11.7 Å². The van der Waals surface area contributed by atoms with Gasteiger partial charge in [-0.05, 0) is 37.1 Å². The topological polar surface area (TPSA) is 43.6 Å². The molecular formula is C21H19ClN4. The number of benzene rings is 2. The molecule has 4 nitrogen and oxygen atoms in total. The second-order valence-corrected chi connectivity index (χ2v) is 7.40. The van der Waals surface area contributed by atoms with E-state index in [1.165, 1.54) is 19.3 Å². The van der Waals surface area contributed by atoms with Gasteiger partial charge in [-0.3, -0.25) is 0 Å². The Kier molecular flexibility index (Phi) is 3.86. The van der Waals surface area contributed by atoms with Gasteiger partial charge in [0.15, 0.2) is 11.3 Å². The number of halogens is 1. The van der Waals surface area contributed by atoms with Crippen molar-refractivity contribution in [2.75, 3.05) is 0 Å². The molecule has 2 aromatic carbocycles. The second-order valence-electron chi connectivity index (χ2n) is 6.97. The highest BCUT2D eigenvalue weighted by Gasteiger charge is 2.24. The highest BCUT2D eigenvalue weighted by molar-refractivity contribution is 6.30. The van der Waals surface area contributed by atoms with Crippen LogP contribution in [-0.4, -0.2) is 19.5 Å². The third-order valence-electron chi connectivity index (χ3n) is 5.23. The fraction of sp³-hybridized carbons (Fsp3) is 0.286. The molecule has 0 unspecified atom stereocenters. The summed E-state index contributed by atoms with van der Waals surface area (Å²) in [5, 5.41) is 0.718. The van der Waals surface area contributed by atoms with E-state index in [2.05, 4.69) is 10.6 Å². The first kappa shape index (κ1) is 15.8. The van der Waals surface area contributed by atoms with Gasteiger partial charge in [-0.15, -0.1) is 0 Å². The number of hydrogen-bond acceptors (Lipinski definition) is 3. The van der Waals surface area contributed by atoms with Gasteiger partial charge >= 0.3 is 0 Å². The summed E-state index contributed by atoms with van der Waals surface area (Å²) in [4.78, 5) is 14.6. The van der Waals surface area contributed by atoms with Gasteiger partial charge < -0.3 is 4.57 Å². The minimum absolute atomic E-state index is 0.415. The Hall–Kier alpha value is -2.46. The molecule has 2 aromatic heterocycles. The lowest BCUT2D eigenvalue weighted by Gasteiger charge is -2.25. The third kappa shape index (κ3) is 2.65. The molecule has 130 valence electrons. The van der Waals surface area contributed by atoms with Crippen LogP contribution in [0.1, 0.15) is 38.1 Å². The average Bonchev–Trinajstić information content (AvgIpc) is 3.05. The Bertz CT molecular complexity index is 1100. The van der Waals surface area contributed by atoms with Crippen molar-refractivity contribution in [2.45, 2.75) is 38.1 Å². The monoisotopic (exact) mass is 362 g/mol. The van der Waals surface area contributed by atoms with Crippen LogP contribution >= 0.6 is 11.6 Å². The molecule has 2 heterocycles. The Labute approximate surface area is 156 Å². The maximum Gasteiger partial charge on any atom is 0.198 e. The van der Waals surface area contributed by atoms with E-state index in [9.17, 15) is 0 Å². The molecule has 0 N–H and O–H groups in total. The van der Waals surface area contributed by atoms with Gasteiger partial charge in [-0.25, -0.2) is 15.0 Å². The lowest BCUT2D eigenvalue weighted by Crippen LogP contribution is -2.14. The fourth-order valence-electron chi connectivity index (χ4n) is 3.99. The van der Waals surface area contributed by atoms with Crippen molar-refractivity contribution in [3.63, 3.8) is 0 Å². The number of aromatic nitrogens is 4. The van der Waals surface area contributed by atoms with Gasteiger partial charge in [-0.2, -0.15) is 0 Å². The molecule has 26 heavy (non-hydrogen) atoms. The number of rotatable bonds is 2. The molecule has 0 atom stereocenters. The van der Waals surface area contributed by atoms with Crippen molar-refractivity contribution in [3.8, 4) is 11.4 Å². The minimum atomic E-state index is 0.415. The van der Waals surface area contributed by atoms with Crippen LogP contribution in [-0.2, 0) is 0 Å². The SMILES string of the molecule is Clc1cccc(-c2nc3nc4ccccc4nc3n2C2CCCCC2)c1. The number of fused-ring (bicyclic) bond motifs is 2. The molecule has 5 rings (SSSR count). The lowest BCUT2D eigenvalue weighted by molar-refractivity contribution is 0.361. The van der Waals surface area contributed by atoms with Crippen LogP contribution in [0, 0.1) is 0 Å². The maximum absolute atomic E-state index is 6.25. The normalized spacial score (nSPS) is 15.7. The van der Waals surface area contributed by atoms with Gasteiger partial charge in [0.2, 0.25) is 0 Å². The van der Waals surface area contributed by atoms with E-state index >= 15 is 0 Å². The number of para-hydroxylation sites is 2. The first-order valence-corrected chi connectivity index (χ1v) is 9.58. The number of hydrogen-bond donors (Lipinski definition) is 0. The molecule has 5 heteroatoms. The van der Waals surface area contributed by atoms with Crippen LogP contribution in [0.2, 0.25) is 5.02 Å². The highest BCUT2D eigenvalue weighted by Crippen LogP contribution is 2.35. The summed E-state index contributed by atoms with van der Waals surface area (Å²) in [5.41, 5.74) is 4.40. The largest absolute Gasteiger partial charge is 0.304 e. The molecule has 0 radical (unpaired) electrons. The molecular weight excluding hydrogens is 344 g/mol. The lowest BCUT2D eigenvalue weighted by atomic mass is 9.95. The molecule has 1 saturated carbocycles. The summed E-state index contributed by atoms with van der Waals surface area (Å²) < 4.78 is 2.31. The van der Waals surface area contributed by atoms with Crippen molar-refractivity contribution in [1.82, 2.24) is 19.5 Å². The van der Waals surface area contributed by atoms with E-state index in [1.54, 1.807) is 0 Å². The van der Waals surface area contributed by atoms with Gasteiger partial charge in [0, 0.05) is 16.6 Å². The third-order valence-corrected chi connectivity index (χ3v) is 5.46. The predicted octanol–water partition coefficient (Wildman–Crippen LogP) is 5.81. The number of imidazole rings is 1. The summed E-state index contributed by atoms with van der Waals surface area (Å²) in [7, 11) is 0. The van der Waals surface area contributed by atoms with Crippen LogP contribution in [0.3, 0.4) is 0 Å². The summed E-state index contributed by atoms with van der Waals surface area (Å²) in [5.74, 6) is 0.921. The fourth-order valence-corrected chi connectivity index (χ4v) is 4.18. The van der Waals surface area contributed by atoms with Crippen molar-refractivity contribution in [1.29, 1.82) is 0 Å². The Morgan fingerprint density at radius 1 is 0.846 bits per heavy atom.